The van der Waals surface area contributed by atoms with Gasteiger partial charge in [0, 0.05) is 69.2 Å². The minimum atomic E-state index is -2.28. The van der Waals surface area contributed by atoms with E-state index in [9.17, 15) is 47.9 Å². The molecule has 61 heavy (non-hydrogen) atoms. The standard InChI is InChI=1S/C39H50O22/c1-18(40)50-17-29(52-19(2)41)30(53-20(3)42)31(54-21(4)43)32(55-22(5)44)33(56-23(6)45)34(57-24(7)46)36-35(58-25(8)47)37(59-26(9)48)38(60-27(10)49)39(61-36)51-16-28-14-12-11-13-15-28/h11-15,29-39H,16-17H2,1-10H3/t29-,30-,31+,32+,33-,34-,35-,36-,37+,38+,39+/m1/s1. The van der Waals surface area contributed by atoms with Crippen LogP contribution in [0.5, 0.6) is 0 Å². The third-order valence-corrected chi connectivity index (χ3v) is 7.96. The van der Waals surface area contributed by atoms with Gasteiger partial charge >= 0.3 is 59.7 Å². The van der Waals surface area contributed by atoms with E-state index in [1.54, 1.807) is 30.3 Å². The van der Waals surface area contributed by atoms with Gasteiger partial charge in [-0.1, -0.05) is 30.3 Å². The summed E-state index contributed by atoms with van der Waals surface area (Å²) in [6.45, 7) is 8.10. The maximum Gasteiger partial charge on any atom is 0.303 e. The summed E-state index contributed by atoms with van der Waals surface area (Å²) in [5.74, 6) is -10.8. The van der Waals surface area contributed by atoms with E-state index in [1.165, 1.54) is 0 Å². The Balaban J connectivity index is 3.10. The summed E-state index contributed by atoms with van der Waals surface area (Å²) in [5.41, 5.74) is 0.552. The third-order valence-electron chi connectivity index (χ3n) is 7.96. The molecule has 22 heteroatoms. The molecule has 0 spiro atoms. The number of carbonyl (C=O) groups is 10. The van der Waals surface area contributed by atoms with Crippen LogP contribution in [0, 0.1) is 0 Å². The van der Waals surface area contributed by atoms with Crippen LogP contribution in [0.2, 0.25) is 0 Å². The molecule has 0 N–H and O–H groups in total. The third kappa shape index (κ3) is 17.2. The first-order valence-electron chi connectivity index (χ1n) is 18.5. The monoisotopic (exact) mass is 870 g/mol. The van der Waals surface area contributed by atoms with E-state index in [0.29, 0.717) is 5.56 Å². The Morgan fingerprint density at radius 2 is 0.902 bits per heavy atom. The van der Waals surface area contributed by atoms with Gasteiger partial charge in [-0.3, -0.25) is 47.9 Å². The average molecular weight is 871 g/mol. The topological polar surface area (TPSA) is 281 Å². The first-order valence-corrected chi connectivity index (χ1v) is 18.5. The first-order chi connectivity index (χ1) is 28.5. The quantitative estimate of drug-likeness (QED) is 0.130. The van der Waals surface area contributed by atoms with Crippen LogP contribution in [0.1, 0.15) is 74.8 Å². The van der Waals surface area contributed by atoms with Gasteiger partial charge < -0.3 is 56.8 Å². The van der Waals surface area contributed by atoms with Crippen LogP contribution in [-0.2, 0) is 111 Å². The molecule has 1 aliphatic rings. The predicted octanol–water partition coefficient (Wildman–Crippen LogP) is 0.877. The van der Waals surface area contributed by atoms with Gasteiger partial charge in [-0.2, -0.15) is 0 Å². The highest BCUT2D eigenvalue weighted by Crippen LogP contribution is 2.36. The van der Waals surface area contributed by atoms with Gasteiger partial charge in [0.25, 0.3) is 0 Å². The number of rotatable bonds is 20. The lowest BCUT2D eigenvalue weighted by Crippen LogP contribution is -2.68. The maximum absolute atomic E-state index is 13.0. The number of carbonyl (C=O) groups excluding carboxylic acids is 10. The Hall–Kier alpha value is -6.16. The highest BCUT2D eigenvalue weighted by molar-refractivity contribution is 5.71. The Bertz CT molecular complexity index is 1740. The number of benzene rings is 1. The summed E-state index contributed by atoms with van der Waals surface area (Å²) in [5, 5.41) is 0. The molecule has 0 unspecified atom stereocenters. The molecule has 0 saturated carbocycles. The lowest BCUT2D eigenvalue weighted by atomic mass is 9.87. The van der Waals surface area contributed by atoms with Crippen LogP contribution in [0.25, 0.3) is 0 Å². The van der Waals surface area contributed by atoms with Crippen LogP contribution in [0.15, 0.2) is 30.3 Å². The van der Waals surface area contributed by atoms with Crippen molar-refractivity contribution < 1.29 is 105 Å². The van der Waals surface area contributed by atoms with E-state index in [2.05, 4.69) is 0 Å². The van der Waals surface area contributed by atoms with Crippen molar-refractivity contribution >= 4 is 59.7 Å². The molecule has 338 valence electrons. The van der Waals surface area contributed by atoms with Crippen LogP contribution >= 0.6 is 0 Å². The molecule has 1 aliphatic heterocycles. The van der Waals surface area contributed by atoms with Gasteiger partial charge in [-0.15, -0.1) is 0 Å². The Morgan fingerprint density at radius 1 is 0.475 bits per heavy atom. The Kier molecular flexibility index (Phi) is 20.2. The molecule has 11 atom stereocenters. The smallest absolute Gasteiger partial charge is 0.303 e. The summed E-state index contributed by atoms with van der Waals surface area (Å²) >= 11 is 0. The van der Waals surface area contributed by atoms with E-state index in [0.717, 1.165) is 69.2 Å². The minimum absolute atomic E-state index is 0.263. The van der Waals surface area contributed by atoms with Crippen LogP contribution < -0.4 is 0 Å². The van der Waals surface area contributed by atoms with Gasteiger partial charge in [0.2, 0.25) is 0 Å². The van der Waals surface area contributed by atoms with E-state index < -0.39 is 134 Å². The SMILES string of the molecule is CC(=O)OC[C@@H](OC(C)=O)[C@@H](OC(C)=O)[C@H](OC(C)=O)[C@H](OC(C)=O)[C@@H](OC(C)=O)[C@@H](OC(C)=O)[C@H]1O[C@H](OCc2ccccc2)[C@@H](OC(C)=O)[C@@H](OC(C)=O)[C@@H]1OC(C)=O. The largest absolute Gasteiger partial charge is 0.462 e. The van der Waals surface area contributed by atoms with Gasteiger partial charge in [0.1, 0.15) is 12.7 Å². The minimum Gasteiger partial charge on any atom is -0.462 e. The molecule has 0 radical (unpaired) electrons. The van der Waals surface area contributed by atoms with E-state index in [4.69, 9.17) is 56.8 Å². The van der Waals surface area contributed by atoms with E-state index >= 15 is 0 Å². The molecule has 0 amide bonds. The fourth-order valence-corrected chi connectivity index (χ4v) is 6.16. The van der Waals surface area contributed by atoms with Gasteiger partial charge in [0.05, 0.1) is 6.61 Å². The summed E-state index contributed by atoms with van der Waals surface area (Å²) in [4.78, 5) is 127. The molecule has 1 fully saturated rings. The van der Waals surface area contributed by atoms with E-state index in [1.807, 2.05) is 0 Å². The molecule has 2 rings (SSSR count). The zero-order valence-corrected chi connectivity index (χ0v) is 35.1. The van der Waals surface area contributed by atoms with Crippen molar-refractivity contribution in [2.75, 3.05) is 6.61 Å². The van der Waals surface area contributed by atoms with Gasteiger partial charge in [0.15, 0.2) is 61.2 Å². The molecular formula is C39H50O22. The summed E-state index contributed by atoms with van der Waals surface area (Å²) in [6.07, 6.45) is -22.2. The molecule has 1 heterocycles. The molecule has 1 aromatic carbocycles. The Morgan fingerprint density at radius 3 is 1.36 bits per heavy atom. The lowest BCUT2D eigenvalue weighted by Gasteiger charge is -2.48. The van der Waals surface area contributed by atoms with Crippen molar-refractivity contribution in [3.63, 3.8) is 0 Å². The Labute approximate surface area is 349 Å². The van der Waals surface area contributed by atoms with Crippen LogP contribution in [-0.4, -0.2) is 134 Å². The number of hydrogen-bond donors (Lipinski definition) is 0. The second-order valence-corrected chi connectivity index (χ2v) is 13.3. The highest BCUT2D eigenvalue weighted by Gasteiger charge is 2.60. The lowest BCUT2D eigenvalue weighted by molar-refractivity contribution is -0.326. The second-order valence-electron chi connectivity index (χ2n) is 13.3. The van der Waals surface area contributed by atoms with Crippen molar-refractivity contribution in [2.45, 2.75) is 143 Å². The van der Waals surface area contributed by atoms with Crippen molar-refractivity contribution in [3.8, 4) is 0 Å². The maximum atomic E-state index is 13.0. The van der Waals surface area contributed by atoms with Crippen molar-refractivity contribution in [2.24, 2.45) is 0 Å². The number of hydrogen-bond acceptors (Lipinski definition) is 22. The molecular weight excluding hydrogens is 820 g/mol. The first kappa shape index (κ1) is 51.0. The van der Waals surface area contributed by atoms with Gasteiger partial charge in [-0.05, 0) is 5.56 Å². The average Bonchev–Trinajstić information content (AvgIpc) is 3.12. The molecule has 0 aromatic heterocycles. The van der Waals surface area contributed by atoms with Crippen molar-refractivity contribution in [1.82, 2.24) is 0 Å². The van der Waals surface area contributed by atoms with Crippen molar-refractivity contribution in [1.29, 1.82) is 0 Å². The van der Waals surface area contributed by atoms with Gasteiger partial charge in [-0.25, -0.2) is 0 Å². The molecule has 1 aromatic rings. The fraction of sp³-hybridized carbons (Fsp3) is 0.590. The highest BCUT2D eigenvalue weighted by atomic mass is 16.7. The second kappa shape index (κ2) is 24.2. The summed E-state index contributed by atoms with van der Waals surface area (Å²) < 4.78 is 67.3. The van der Waals surface area contributed by atoms with Crippen LogP contribution in [0.4, 0.5) is 0 Å². The molecule has 0 bridgehead atoms. The molecule has 0 aliphatic carbocycles. The predicted molar refractivity (Wildman–Crippen MR) is 197 cm³/mol. The van der Waals surface area contributed by atoms with E-state index in [-0.39, 0.29) is 6.61 Å². The summed E-state index contributed by atoms with van der Waals surface area (Å²) in [6, 6.07) is 8.40. The summed E-state index contributed by atoms with van der Waals surface area (Å²) in [7, 11) is 0. The molecule has 1 saturated heterocycles. The normalized spacial score (nSPS) is 21.2. The zero-order valence-electron chi connectivity index (χ0n) is 35.1. The number of ether oxygens (including phenoxy) is 12. The zero-order chi connectivity index (χ0) is 46.1. The van der Waals surface area contributed by atoms with Crippen LogP contribution in [0.3, 0.4) is 0 Å². The fourth-order valence-electron chi connectivity index (χ4n) is 6.16. The molecule has 22 nitrogen and oxygen atoms in total. The van der Waals surface area contributed by atoms with Crippen molar-refractivity contribution in [3.05, 3.63) is 35.9 Å². The number of esters is 10.